The van der Waals surface area contributed by atoms with Crippen molar-refractivity contribution in [2.75, 3.05) is 13.4 Å². The van der Waals surface area contributed by atoms with Crippen molar-refractivity contribution < 1.29 is 23.8 Å². The average molecular weight is 340 g/mol. The molecule has 2 aromatic carbocycles. The largest absolute Gasteiger partial charge is 0.465 e. The van der Waals surface area contributed by atoms with Crippen LogP contribution in [0.1, 0.15) is 35.4 Å². The minimum atomic E-state index is -0.741. The van der Waals surface area contributed by atoms with Crippen molar-refractivity contribution in [3.05, 3.63) is 59.2 Å². The molecule has 5 heteroatoms. The van der Waals surface area contributed by atoms with Gasteiger partial charge in [0.15, 0.2) is 11.5 Å². The van der Waals surface area contributed by atoms with Crippen LogP contribution in [0.2, 0.25) is 0 Å². The van der Waals surface area contributed by atoms with Gasteiger partial charge in [-0.15, -0.1) is 0 Å². The maximum Gasteiger partial charge on any atom is 0.314 e. The third kappa shape index (κ3) is 3.50. The second-order valence-corrected chi connectivity index (χ2v) is 5.91. The number of aldehydes is 1. The monoisotopic (exact) mass is 340 g/mol. The van der Waals surface area contributed by atoms with Crippen LogP contribution in [0, 0.1) is 6.92 Å². The first-order valence-corrected chi connectivity index (χ1v) is 8.22. The minimum Gasteiger partial charge on any atom is -0.465 e. The molecule has 0 saturated heterocycles. The van der Waals surface area contributed by atoms with E-state index < -0.39 is 17.8 Å². The number of aryl methyl sites for hydroxylation is 1. The van der Waals surface area contributed by atoms with E-state index in [1.54, 1.807) is 25.1 Å². The summed E-state index contributed by atoms with van der Waals surface area (Å²) in [5.41, 5.74) is 2.53. The summed E-state index contributed by atoms with van der Waals surface area (Å²) in [5.74, 6) is -0.613. The summed E-state index contributed by atoms with van der Waals surface area (Å²) in [5, 5.41) is 0. The lowest BCUT2D eigenvalue weighted by Gasteiger charge is -2.22. The van der Waals surface area contributed by atoms with E-state index in [1.165, 1.54) is 0 Å². The molecule has 2 unspecified atom stereocenters. The number of rotatable bonds is 6. The first kappa shape index (κ1) is 17.0. The van der Waals surface area contributed by atoms with Gasteiger partial charge in [0.25, 0.3) is 0 Å². The third-order valence-corrected chi connectivity index (χ3v) is 4.26. The number of fused-ring (bicyclic) bond motifs is 1. The topological polar surface area (TPSA) is 61.8 Å². The maximum atomic E-state index is 12.6. The van der Waals surface area contributed by atoms with E-state index in [0.717, 1.165) is 17.4 Å². The summed E-state index contributed by atoms with van der Waals surface area (Å²) in [7, 11) is 0. The van der Waals surface area contributed by atoms with Crippen LogP contribution >= 0.6 is 0 Å². The van der Waals surface area contributed by atoms with Crippen molar-refractivity contribution in [2.45, 2.75) is 25.7 Å². The molecule has 5 nitrogen and oxygen atoms in total. The molecule has 2 atom stereocenters. The number of ether oxygens (including phenoxy) is 3. The molecule has 0 bridgehead atoms. The molecule has 3 rings (SSSR count). The van der Waals surface area contributed by atoms with Crippen LogP contribution in [-0.4, -0.2) is 25.7 Å². The van der Waals surface area contributed by atoms with Gasteiger partial charge in [-0.3, -0.25) is 4.79 Å². The highest BCUT2D eigenvalue weighted by Gasteiger charge is 2.33. The Bertz CT molecular complexity index is 766. The zero-order valence-corrected chi connectivity index (χ0v) is 14.2. The lowest BCUT2D eigenvalue weighted by Crippen LogP contribution is -2.24. The Balaban J connectivity index is 2.02. The third-order valence-electron chi connectivity index (χ3n) is 4.26. The lowest BCUT2D eigenvalue weighted by molar-refractivity contribution is -0.146. The van der Waals surface area contributed by atoms with Crippen LogP contribution < -0.4 is 9.47 Å². The minimum absolute atomic E-state index is 0.151. The Morgan fingerprint density at radius 1 is 1.12 bits per heavy atom. The zero-order valence-electron chi connectivity index (χ0n) is 14.2. The predicted molar refractivity (Wildman–Crippen MR) is 91.9 cm³/mol. The highest BCUT2D eigenvalue weighted by molar-refractivity contribution is 5.85. The summed E-state index contributed by atoms with van der Waals surface area (Å²) in [6, 6.07) is 12.9. The molecule has 0 spiro atoms. The Labute approximate surface area is 146 Å². The number of carbonyl (C=O) groups excluding carboxylic acids is 2. The molecule has 0 fully saturated rings. The smallest absolute Gasteiger partial charge is 0.314 e. The molecule has 130 valence electrons. The summed E-state index contributed by atoms with van der Waals surface area (Å²) in [6.07, 6.45) is 0.802. The molecule has 0 aromatic heterocycles. The fraction of sp³-hybridized carbons (Fsp3) is 0.300. The van der Waals surface area contributed by atoms with Crippen molar-refractivity contribution in [1.82, 2.24) is 0 Å². The molecule has 0 amide bonds. The van der Waals surface area contributed by atoms with Gasteiger partial charge in [-0.05, 0) is 37.1 Å². The van der Waals surface area contributed by atoms with Crippen molar-refractivity contribution in [2.24, 2.45) is 0 Å². The van der Waals surface area contributed by atoms with E-state index in [0.29, 0.717) is 17.1 Å². The fourth-order valence-corrected chi connectivity index (χ4v) is 2.97. The highest BCUT2D eigenvalue weighted by atomic mass is 16.7. The van der Waals surface area contributed by atoms with Crippen molar-refractivity contribution in [3.63, 3.8) is 0 Å². The average Bonchev–Trinajstić information content (AvgIpc) is 3.08. The Morgan fingerprint density at radius 3 is 2.48 bits per heavy atom. The number of hydrogen-bond acceptors (Lipinski definition) is 5. The molecule has 1 heterocycles. The summed E-state index contributed by atoms with van der Waals surface area (Å²) in [6.45, 7) is 4.12. The maximum absolute atomic E-state index is 12.6. The van der Waals surface area contributed by atoms with Gasteiger partial charge in [0, 0.05) is 0 Å². The Kier molecular flexibility index (Phi) is 5.03. The van der Waals surface area contributed by atoms with E-state index >= 15 is 0 Å². The second kappa shape index (κ2) is 7.38. The molecular weight excluding hydrogens is 320 g/mol. The van der Waals surface area contributed by atoms with Gasteiger partial charge in [0.2, 0.25) is 6.79 Å². The van der Waals surface area contributed by atoms with Crippen LogP contribution in [0.25, 0.3) is 0 Å². The second-order valence-electron chi connectivity index (χ2n) is 5.91. The quantitative estimate of drug-likeness (QED) is 0.596. The molecule has 25 heavy (non-hydrogen) atoms. The fourth-order valence-electron chi connectivity index (χ4n) is 2.97. The lowest BCUT2D eigenvalue weighted by atomic mass is 9.82. The molecule has 0 saturated carbocycles. The normalized spacial score (nSPS) is 14.6. The molecule has 0 N–H and O–H groups in total. The highest BCUT2D eigenvalue weighted by Crippen LogP contribution is 2.39. The molecule has 1 aliphatic heterocycles. The molecular formula is C20H20O5. The summed E-state index contributed by atoms with van der Waals surface area (Å²) < 4.78 is 16.0. The SMILES string of the molecule is CCOC(=O)C(c1ccc2c(c1)OCO2)C(C=O)c1ccc(C)cc1. The van der Waals surface area contributed by atoms with Gasteiger partial charge in [0.1, 0.15) is 6.29 Å². The van der Waals surface area contributed by atoms with Crippen molar-refractivity contribution >= 4 is 12.3 Å². The zero-order chi connectivity index (χ0) is 17.8. The van der Waals surface area contributed by atoms with Crippen LogP contribution in [0.3, 0.4) is 0 Å². The van der Waals surface area contributed by atoms with Crippen LogP contribution in [0.5, 0.6) is 11.5 Å². The van der Waals surface area contributed by atoms with Crippen molar-refractivity contribution in [3.8, 4) is 11.5 Å². The van der Waals surface area contributed by atoms with Crippen LogP contribution in [0.15, 0.2) is 42.5 Å². The van der Waals surface area contributed by atoms with Gasteiger partial charge in [-0.2, -0.15) is 0 Å². The van der Waals surface area contributed by atoms with Gasteiger partial charge in [-0.1, -0.05) is 35.9 Å². The van der Waals surface area contributed by atoms with E-state index in [2.05, 4.69) is 0 Å². The van der Waals surface area contributed by atoms with Crippen LogP contribution in [-0.2, 0) is 14.3 Å². The van der Waals surface area contributed by atoms with Gasteiger partial charge >= 0.3 is 5.97 Å². The van der Waals surface area contributed by atoms with Crippen LogP contribution in [0.4, 0.5) is 0 Å². The van der Waals surface area contributed by atoms with Gasteiger partial charge in [0.05, 0.1) is 18.4 Å². The molecule has 0 aliphatic carbocycles. The van der Waals surface area contributed by atoms with Gasteiger partial charge < -0.3 is 19.0 Å². The van der Waals surface area contributed by atoms with E-state index in [9.17, 15) is 9.59 Å². The molecule has 0 radical (unpaired) electrons. The van der Waals surface area contributed by atoms with Gasteiger partial charge in [-0.25, -0.2) is 0 Å². The number of hydrogen-bond donors (Lipinski definition) is 0. The Hall–Kier alpha value is -2.82. The first-order valence-electron chi connectivity index (χ1n) is 8.22. The van der Waals surface area contributed by atoms with E-state index in [-0.39, 0.29) is 13.4 Å². The standard InChI is InChI=1S/C20H20O5/c1-3-23-20(22)19(15-8-9-17-18(10-15)25-12-24-17)16(11-21)14-6-4-13(2)5-7-14/h4-11,16,19H,3,12H2,1-2H3. The first-order chi connectivity index (χ1) is 12.1. The summed E-state index contributed by atoms with van der Waals surface area (Å²) in [4.78, 5) is 24.5. The number of carbonyl (C=O) groups is 2. The number of esters is 1. The number of benzene rings is 2. The molecule has 1 aliphatic rings. The van der Waals surface area contributed by atoms with E-state index in [1.807, 2.05) is 31.2 Å². The molecule has 2 aromatic rings. The summed E-state index contributed by atoms with van der Waals surface area (Å²) >= 11 is 0. The predicted octanol–water partition coefficient (Wildman–Crippen LogP) is 3.35. The van der Waals surface area contributed by atoms with Crippen molar-refractivity contribution in [1.29, 1.82) is 0 Å². The Morgan fingerprint density at radius 2 is 1.80 bits per heavy atom. The van der Waals surface area contributed by atoms with E-state index in [4.69, 9.17) is 14.2 Å².